The second-order valence-corrected chi connectivity index (χ2v) is 30.4. The molecule has 0 N–H and O–H groups in total. The van der Waals surface area contributed by atoms with Crippen molar-refractivity contribution in [1.29, 1.82) is 0 Å². The Bertz CT molecular complexity index is 2700. The van der Waals surface area contributed by atoms with Crippen LogP contribution >= 0.6 is 0 Å². The normalized spacial score (nSPS) is 12.8. The van der Waals surface area contributed by atoms with Crippen molar-refractivity contribution in [2.75, 3.05) is 19.8 Å². The molecule has 0 bridgehead atoms. The maximum absolute atomic E-state index is 11.7. The lowest BCUT2D eigenvalue weighted by molar-refractivity contribution is -0.186. The lowest BCUT2D eigenvalue weighted by Crippen LogP contribution is -2.42. The number of carbonyl (C=O) groups is 14. The van der Waals surface area contributed by atoms with Crippen LogP contribution in [0.3, 0.4) is 0 Å². The van der Waals surface area contributed by atoms with Crippen LogP contribution in [0.2, 0.25) is 0 Å². The maximum Gasteiger partial charge on any atom is 0.350 e. The molecule has 0 amide bonds. The molecule has 0 radical (unpaired) electrons. The Morgan fingerprint density at radius 1 is 0.306 bits per heavy atom. The summed E-state index contributed by atoms with van der Waals surface area (Å²) >= 11 is 0. The Morgan fingerprint density at radius 3 is 0.861 bits per heavy atom. The number of rotatable bonds is 37. The first-order valence-electron chi connectivity index (χ1n) is 38.2. The summed E-state index contributed by atoms with van der Waals surface area (Å²) in [5.74, 6) is -5.43. The first kappa shape index (κ1) is 111. The lowest BCUT2D eigenvalue weighted by Gasteiger charge is -2.28. The first-order valence-corrected chi connectivity index (χ1v) is 38.2. The zero-order chi connectivity index (χ0) is 86.0. The van der Waals surface area contributed by atoms with Gasteiger partial charge >= 0.3 is 83.6 Å². The Kier molecular flexibility index (Phi) is 57.7. The van der Waals surface area contributed by atoms with Crippen molar-refractivity contribution >= 4 is 83.6 Å². The molecule has 1 rings (SSSR count). The van der Waals surface area contributed by atoms with Crippen LogP contribution in [0, 0.1) is 11.8 Å². The Labute approximate surface area is 646 Å². The minimum absolute atomic E-state index is 0.0436. The van der Waals surface area contributed by atoms with Gasteiger partial charge in [-0.1, -0.05) is 123 Å². The van der Waals surface area contributed by atoms with Crippen LogP contribution in [0.15, 0.2) is 0 Å². The quantitative estimate of drug-likeness (QED) is 0.0317. The fourth-order valence-corrected chi connectivity index (χ4v) is 6.63. The molecule has 108 heavy (non-hydrogen) atoms. The molecule has 1 saturated carbocycles. The zero-order valence-electron chi connectivity index (χ0n) is 72.5. The third-order valence-corrected chi connectivity index (χ3v) is 14.2. The van der Waals surface area contributed by atoms with Gasteiger partial charge in [0.2, 0.25) is 39.2 Å². The van der Waals surface area contributed by atoms with Crippen LogP contribution in [0.5, 0.6) is 0 Å². The maximum atomic E-state index is 11.7. The summed E-state index contributed by atoms with van der Waals surface area (Å²) in [6.45, 7) is 57.5. The molecule has 1 aliphatic rings. The monoisotopic (exact) mass is 1550 g/mol. The largest absolute Gasteiger partial charge is 0.463 e. The van der Waals surface area contributed by atoms with E-state index in [4.69, 9.17) is 66.3 Å². The molecule has 1 aliphatic carbocycles. The first-order chi connectivity index (χ1) is 49.3. The van der Waals surface area contributed by atoms with Gasteiger partial charge in [-0.05, 0) is 182 Å². The van der Waals surface area contributed by atoms with E-state index in [1.165, 1.54) is 41.5 Å². The third-order valence-electron chi connectivity index (χ3n) is 14.2. The highest BCUT2D eigenvalue weighted by molar-refractivity contribution is 5.86. The van der Waals surface area contributed by atoms with Crippen molar-refractivity contribution in [2.24, 2.45) is 11.8 Å². The summed E-state index contributed by atoms with van der Waals surface area (Å²) in [6.07, 6.45) is 10.6. The summed E-state index contributed by atoms with van der Waals surface area (Å²) < 4.78 is 70.6. The zero-order valence-corrected chi connectivity index (χ0v) is 72.5. The van der Waals surface area contributed by atoms with Gasteiger partial charge < -0.3 is 66.3 Å². The third kappa shape index (κ3) is 57.7. The van der Waals surface area contributed by atoms with Gasteiger partial charge in [-0.25, -0.2) is 33.6 Å². The summed E-state index contributed by atoms with van der Waals surface area (Å²) in [6, 6.07) is 0. The highest BCUT2D eigenvalue weighted by Gasteiger charge is 2.41. The van der Waals surface area contributed by atoms with Crippen LogP contribution < -0.4 is 0 Å². The van der Waals surface area contributed by atoms with Crippen molar-refractivity contribution in [3.63, 3.8) is 0 Å². The van der Waals surface area contributed by atoms with E-state index < -0.39 is 122 Å². The van der Waals surface area contributed by atoms with Gasteiger partial charge in [-0.3, -0.25) is 33.6 Å². The van der Waals surface area contributed by atoms with Crippen LogP contribution in [-0.2, 0) is 133 Å². The second-order valence-electron chi connectivity index (χ2n) is 30.4. The second kappa shape index (κ2) is 55.9. The summed E-state index contributed by atoms with van der Waals surface area (Å²) in [5.41, 5.74) is -8.92. The predicted molar refractivity (Wildman–Crippen MR) is 406 cm³/mol. The van der Waals surface area contributed by atoms with Crippen LogP contribution in [0.1, 0.15) is 338 Å². The topological polar surface area (TPSA) is 368 Å². The molecule has 0 aromatic rings. The Hall–Kier alpha value is -7.42. The van der Waals surface area contributed by atoms with Gasteiger partial charge in [-0.2, -0.15) is 0 Å². The van der Waals surface area contributed by atoms with Crippen molar-refractivity contribution in [3.05, 3.63) is 0 Å². The van der Waals surface area contributed by atoms with Crippen LogP contribution in [-0.4, -0.2) is 167 Å². The smallest absolute Gasteiger partial charge is 0.350 e. The Balaban J connectivity index is -0.000000281. The number of esters is 14. The van der Waals surface area contributed by atoms with E-state index in [0.717, 1.165) is 64.2 Å². The van der Waals surface area contributed by atoms with Crippen LogP contribution in [0.25, 0.3) is 0 Å². The molecule has 3 atom stereocenters. The molecule has 0 aliphatic heterocycles. The molecule has 28 nitrogen and oxygen atoms in total. The molecular weight excluding hydrogens is 1410 g/mol. The fraction of sp³-hybridized carbons (Fsp3) is 0.825. The standard InChI is InChI=1S/4C12H22O4.2C11H20O4.C10H16O4/c1-6-10(13)16-12(4,5)11(14)15-8-7-9(2)3;1-6-9(3)8-15-11(14)12(4,5)16-10(13)7-2;1-6-8-9(3)15-11(14)12(4,5)16-10(13)7-2;1-5-7-8-9-15-11(14)12(3,4)16-10(13)6-2;1-7-8(12)14-11(5,6)9(13)15-10(2,3)4;1-6-8(3)14-10(13)11(4,5)15-9(12)7-2;1-4-8(11)14-10(2,3)9(12)13-7-5-6-7/h3*9H,6-8H2,1-5H3;5-9H2,1-4H3;7H2,1-6H3;8H,6-7H2,1-5H3;7H,4-6H2,1-3H3. The number of ether oxygens (including phenoxy) is 14. The Morgan fingerprint density at radius 2 is 0.593 bits per heavy atom. The molecule has 1 fully saturated rings. The van der Waals surface area contributed by atoms with Crippen molar-refractivity contribution in [1.82, 2.24) is 0 Å². The average Bonchev–Trinajstić information content (AvgIpc) is 1.43. The van der Waals surface area contributed by atoms with Crippen molar-refractivity contribution in [2.45, 2.75) is 401 Å². The molecule has 0 heterocycles. The minimum atomic E-state index is -1.22. The van der Waals surface area contributed by atoms with Crippen molar-refractivity contribution in [3.8, 4) is 0 Å². The van der Waals surface area contributed by atoms with Gasteiger partial charge in [0, 0.05) is 44.9 Å². The van der Waals surface area contributed by atoms with E-state index in [1.54, 1.807) is 132 Å². The van der Waals surface area contributed by atoms with E-state index in [-0.39, 0.29) is 69.2 Å². The molecule has 3 unspecified atom stereocenters. The van der Waals surface area contributed by atoms with E-state index in [0.29, 0.717) is 31.7 Å². The van der Waals surface area contributed by atoms with Crippen LogP contribution in [0.4, 0.5) is 0 Å². The minimum Gasteiger partial charge on any atom is -0.463 e. The van der Waals surface area contributed by atoms with E-state index in [1.807, 2.05) is 34.6 Å². The van der Waals surface area contributed by atoms with Gasteiger partial charge in [0.25, 0.3) is 0 Å². The van der Waals surface area contributed by atoms with Gasteiger partial charge in [0.05, 0.1) is 32.0 Å². The molecular formula is C80H144O28. The van der Waals surface area contributed by atoms with Gasteiger partial charge in [0.15, 0.2) is 0 Å². The summed E-state index contributed by atoms with van der Waals surface area (Å²) in [4.78, 5) is 159. The molecule has 28 heteroatoms. The fourth-order valence-electron chi connectivity index (χ4n) is 6.63. The highest BCUT2D eigenvalue weighted by atomic mass is 16.6. The number of carbonyl (C=O) groups excluding carboxylic acids is 14. The van der Waals surface area contributed by atoms with Gasteiger partial charge in [0.1, 0.15) is 11.7 Å². The number of hydrogen-bond donors (Lipinski definition) is 0. The molecule has 0 saturated heterocycles. The molecule has 0 aromatic heterocycles. The summed E-state index contributed by atoms with van der Waals surface area (Å²) in [7, 11) is 0. The van der Waals surface area contributed by atoms with E-state index >= 15 is 0 Å². The number of unbranched alkanes of at least 4 members (excludes halogenated alkanes) is 2. The average molecular weight is 1550 g/mol. The van der Waals surface area contributed by atoms with E-state index in [9.17, 15) is 67.1 Å². The van der Waals surface area contributed by atoms with E-state index in [2.05, 4.69) is 20.8 Å². The SMILES string of the molecule is CCC(=O)OC(C)(C)C(=O)OC(C)(C)C.CCC(=O)OC(C)(C)C(=O)OC(C)CC.CCC(=O)OC(C)(C)C(=O)OC1CC1.CCC(=O)OC(C)(C)C(=O)OCC(C)CC.CCC(=O)OC(C)(C)C(=O)OCCC(C)C.CCCC(C)OC(=O)C(C)(C)OC(=O)CC.CCCCCOC(=O)C(C)(C)OC(=O)CC. The molecule has 0 aromatic carbocycles. The number of hydrogen-bond acceptors (Lipinski definition) is 28. The lowest BCUT2D eigenvalue weighted by atomic mass is 10.1. The predicted octanol–water partition coefficient (Wildman–Crippen LogP) is 15.1. The molecule has 632 valence electrons. The van der Waals surface area contributed by atoms with Gasteiger partial charge in [-0.15, -0.1) is 0 Å². The molecule has 0 spiro atoms. The van der Waals surface area contributed by atoms with Crippen molar-refractivity contribution < 1.29 is 133 Å². The summed E-state index contributed by atoms with van der Waals surface area (Å²) in [5, 5.41) is 0. The highest BCUT2D eigenvalue weighted by Crippen LogP contribution is 2.27.